The highest BCUT2D eigenvalue weighted by molar-refractivity contribution is 5.78. The summed E-state index contributed by atoms with van der Waals surface area (Å²) < 4.78 is 5.31. The van der Waals surface area contributed by atoms with Crippen LogP contribution >= 0.6 is 0 Å². The maximum absolute atomic E-state index is 12.0. The third-order valence-corrected chi connectivity index (χ3v) is 4.15. The number of nitrogens with one attached hydrogen (secondary N) is 1. The molecule has 0 saturated carbocycles. The number of benzene rings is 1. The summed E-state index contributed by atoms with van der Waals surface area (Å²) in [4.78, 5) is 14.2. The minimum Gasteiger partial charge on any atom is -0.496 e. The van der Waals surface area contributed by atoms with Crippen molar-refractivity contribution in [1.82, 2.24) is 10.2 Å². The van der Waals surface area contributed by atoms with E-state index in [0.29, 0.717) is 13.1 Å². The number of nitrogens with zero attached hydrogens (tertiary/aromatic N) is 1. The zero-order valence-corrected chi connectivity index (χ0v) is 13.1. The largest absolute Gasteiger partial charge is 0.496 e. The van der Waals surface area contributed by atoms with Gasteiger partial charge < -0.3 is 10.1 Å². The molecule has 1 aromatic carbocycles. The summed E-state index contributed by atoms with van der Waals surface area (Å²) in [6.45, 7) is 5.55. The standard InChI is InChI=1S/C17H26N2O2/c1-14-8-11-19(12-9-14)13-17(20)18-10-7-15-5-3-4-6-16(15)21-2/h3-6,14H,7-13H2,1-2H3,(H,18,20). The van der Waals surface area contributed by atoms with E-state index in [1.54, 1.807) is 7.11 Å². The van der Waals surface area contributed by atoms with Crippen LogP contribution in [0, 0.1) is 5.92 Å². The Morgan fingerprint density at radius 3 is 2.76 bits per heavy atom. The third-order valence-electron chi connectivity index (χ3n) is 4.15. The number of hydrogen-bond donors (Lipinski definition) is 1. The Morgan fingerprint density at radius 2 is 2.05 bits per heavy atom. The zero-order valence-electron chi connectivity index (χ0n) is 13.1. The highest BCUT2D eigenvalue weighted by Gasteiger charge is 2.17. The van der Waals surface area contributed by atoms with Gasteiger partial charge in [-0.15, -0.1) is 0 Å². The molecular weight excluding hydrogens is 264 g/mol. The van der Waals surface area contributed by atoms with E-state index in [1.165, 1.54) is 12.8 Å². The number of carbonyl (C=O) groups is 1. The van der Waals surface area contributed by atoms with Gasteiger partial charge in [-0.05, 0) is 49.9 Å². The number of ether oxygens (including phenoxy) is 1. The molecule has 116 valence electrons. The Kier molecular flexibility index (Phi) is 6.05. The smallest absolute Gasteiger partial charge is 0.234 e. The van der Waals surface area contributed by atoms with Crippen molar-refractivity contribution >= 4 is 5.91 Å². The van der Waals surface area contributed by atoms with Gasteiger partial charge in [0, 0.05) is 6.54 Å². The van der Waals surface area contributed by atoms with Gasteiger partial charge in [-0.1, -0.05) is 25.1 Å². The van der Waals surface area contributed by atoms with Crippen LogP contribution < -0.4 is 10.1 Å². The second-order valence-corrected chi connectivity index (χ2v) is 5.87. The fourth-order valence-electron chi connectivity index (χ4n) is 2.73. The van der Waals surface area contributed by atoms with Crippen LogP contribution in [-0.2, 0) is 11.2 Å². The van der Waals surface area contributed by atoms with E-state index in [-0.39, 0.29) is 5.91 Å². The molecule has 0 unspecified atom stereocenters. The van der Waals surface area contributed by atoms with E-state index < -0.39 is 0 Å². The number of rotatable bonds is 6. The molecule has 0 atom stereocenters. The summed E-state index contributed by atoms with van der Waals surface area (Å²) in [5, 5.41) is 3.00. The lowest BCUT2D eigenvalue weighted by atomic mass is 9.99. The molecule has 0 radical (unpaired) electrons. The monoisotopic (exact) mass is 290 g/mol. The first kappa shape index (κ1) is 15.8. The maximum Gasteiger partial charge on any atom is 0.234 e. The summed E-state index contributed by atoms with van der Waals surface area (Å²) in [6, 6.07) is 7.94. The number of para-hydroxylation sites is 1. The van der Waals surface area contributed by atoms with Gasteiger partial charge in [0.15, 0.2) is 0 Å². The lowest BCUT2D eigenvalue weighted by molar-refractivity contribution is -0.122. The van der Waals surface area contributed by atoms with E-state index in [1.807, 2.05) is 24.3 Å². The molecule has 1 amide bonds. The molecule has 2 rings (SSSR count). The number of piperidine rings is 1. The molecule has 21 heavy (non-hydrogen) atoms. The van der Waals surface area contributed by atoms with Crippen molar-refractivity contribution in [3.8, 4) is 5.75 Å². The van der Waals surface area contributed by atoms with Crippen LogP contribution in [-0.4, -0.2) is 44.1 Å². The summed E-state index contributed by atoms with van der Waals surface area (Å²) in [6.07, 6.45) is 3.20. The predicted octanol–water partition coefficient (Wildman–Crippen LogP) is 2.09. The normalized spacial score (nSPS) is 16.7. The highest BCUT2D eigenvalue weighted by Crippen LogP contribution is 2.17. The molecule has 1 fully saturated rings. The number of carbonyl (C=O) groups excluding carboxylic acids is 1. The molecule has 0 aliphatic carbocycles. The Balaban J connectivity index is 1.69. The van der Waals surface area contributed by atoms with E-state index in [2.05, 4.69) is 17.1 Å². The summed E-state index contributed by atoms with van der Waals surface area (Å²) in [7, 11) is 1.68. The van der Waals surface area contributed by atoms with Crippen LogP contribution in [0.3, 0.4) is 0 Å². The average molecular weight is 290 g/mol. The van der Waals surface area contributed by atoms with Crippen LogP contribution in [0.1, 0.15) is 25.3 Å². The number of methoxy groups -OCH3 is 1. The summed E-state index contributed by atoms with van der Waals surface area (Å²) >= 11 is 0. The van der Waals surface area contributed by atoms with Gasteiger partial charge in [0.1, 0.15) is 5.75 Å². The number of amides is 1. The van der Waals surface area contributed by atoms with Gasteiger partial charge in [0.2, 0.25) is 5.91 Å². The van der Waals surface area contributed by atoms with Crippen molar-refractivity contribution in [2.45, 2.75) is 26.2 Å². The maximum atomic E-state index is 12.0. The van der Waals surface area contributed by atoms with Crippen molar-refractivity contribution < 1.29 is 9.53 Å². The van der Waals surface area contributed by atoms with E-state index in [9.17, 15) is 4.79 Å². The van der Waals surface area contributed by atoms with Gasteiger partial charge in [-0.25, -0.2) is 0 Å². The van der Waals surface area contributed by atoms with Gasteiger partial charge in [0.25, 0.3) is 0 Å². The molecule has 4 heteroatoms. The second kappa shape index (κ2) is 8.03. The first-order chi connectivity index (χ1) is 10.2. The quantitative estimate of drug-likeness (QED) is 0.872. The Morgan fingerprint density at radius 1 is 1.33 bits per heavy atom. The van der Waals surface area contributed by atoms with Gasteiger partial charge in [-0.2, -0.15) is 0 Å². The zero-order chi connectivity index (χ0) is 15.1. The van der Waals surface area contributed by atoms with Crippen molar-refractivity contribution in [2.24, 2.45) is 5.92 Å². The van der Waals surface area contributed by atoms with Crippen LogP contribution in [0.15, 0.2) is 24.3 Å². The van der Waals surface area contributed by atoms with Crippen molar-refractivity contribution in [3.63, 3.8) is 0 Å². The van der Waals surface area contributed by atoms with Crippen molar-refractivity contribution in [1.29, 1.82) is 0 Å². The van der Waals surface area contributed by atoms with Crippen LogP contribution in [0.5, 0.6) is 5.75 Å². The lowest BCUT2D eigenvalue weighted by Gasteiger charge is -2.29. The number of hydrogen-bond acceptors (Lipinski definition) is 3. The van der Waals surface area contributed by atoms with Crippen LogP contribution in [0.4, 0.5) is 0 Å². The molecule has 0 aromatic heterocycles. The van der Waals surface area contributed by atoms with Crippen molar-refractivity contribution in [3.05, 3.63) is 29.8 Å². The number of likely N-dealkylation sites (tertiary alicyclic amines) is 1. The molecule has 1 N–H and O–H groups in total. The van der Waals surface area contributed by atoms with Gasteiger partial charge in [0.05, 0.1) is 13.7 Å². The molecular formula is C17H26N2O2. The SMILES string of the molecule is COc1ccccc1CCNC(=O)CN1CCC(C)CC1. The lowest BCUT2D eigenvalue weighted by Crippen LogP contribution is -2.41. The van der Waals surface area contributed by atoms with E-state index in [0.717, 1.165) is 36.7 Å². The topological polar surface area (TPSA) is 41.6 Å². The molecule has 4 nitrogen and oxygen atoms in total. The highest BCUT2D eigenvalue weighted by atomic mass is 16.5. The fraction of sp³-hybridized carbons (Fsp3) is 0.588. The predicted molar refractivity (Wildman–Crippen MR) is 84.5 cm³/mol. The van der Waals surface area contributed by atoms with Crippen LogP contribution in [0.25, 0.3) is 0 Å². The molecule has 1 aliphatic heterocycles. The average Bonchev–Trinajstić information content (AvgIpc) is 2.50. The van der Waals surface area contributed by atoms with E-state index >= 15 is 0 Å². The molecule has 1 heterocycles. The third kappa shape index (κ3) is 5.05. The summed E-state index contributed by atoms with van der Waals surface area (Å²) in [5.74, 6) is 1.81. The minimum absolute atomic E-state index is 0.124. The van der Waals surface area contributed by atoms with Gasteiger partial charge in [-0.3, -0.25) is 9.69 Å². The Bertz CT molecular complexity index is 454. The molecule has 1 aromatic rings. The molecule has 1 saturated heterocycles. The Labute approximate surface area is 127 Å². The van der Waals surface area contributed by atoms with E-state index in [4.69, 9.17) is 4.74 Å². The first-order valence-corrected chi connectivity index (χ1v) is 7.80. The minimum atomic E-state index is 0.124. The molecule has 1 aliphatic rings. The molecule has 0 spiro atoms. The summed E-state index contributed by atoms with van der Waals surface area (Å²) in [5.41, 5.74) is 1.13. The Hall–Kier alpha value is -1.55. The second-order valence-electron chi connectivity index (χ2n) is 5.87. The fourth-order valence-corrected chi connectivity index (χ4v) is 2.73. The van der Waals surface area contributed by atoms with Crippen LogP contribution in [0.2, 0.25) is 0 Å². The van der Waals surface area contributed by atoms with Gasteiger partial charge >= 0.3 is 0 Å². The first-order valence-electron chi connectivity index (χ1n) is 7.80. The van der Waals surface area contributed by atoms with Crippen molar-refractivity contribution in [2.75, 3.05) is 33.3 Å². The molecule has 0 bridgehead atoms.